The number of carbonyl (C=O) groups excluding carboxylic acids is 2. The Kier molecular flexibility index (Phi) is 6.66. The Morgan fingerprint density at radius 1 is 0.964 bits per heavy atom. The van der Waals surface area contributed by atoms with Gasteiger partial charge in [-0.25, -0.2) is 0 Å². The predicted octanol–water partition coefficient (Wildman–Crippen LogP) is 2.46. The molecule has 6 nitrogen and oxygen atoms in total. The summed E-state index contributed by atoms with van der Waals surface area (Å²) in [6.07, 6.45) is 0.269. The van der Waals surface area contributed by atoms with E-state index in [0.717, 1.165) is 5.56 Å². The Hall–Kier alpha value is -2.86. The van der Waals surface area contributed by atoms with E-state index in [1.165, 1.54) is 0 Å². The molecular formula is C22H27N3O3. The number of nitrogens with two attached hydrogens (primary N) is 1. The van der Waals surface area contributed by atoms with Gasteiger partial charge in [0.15, 0.2) is 0 Å². The van der Waals surface area contributed by atoms with Crippen LogP contribution in [0.1, 0.15) is 35.3 Å². The summed E-state index contributed by atoms with van der Waals surface area (Å²) < 4.78 is 5.57. The van der Waals surface area contributed by atoms with E-state index in [1.807, 2.05) is 55.5 Å². The average molecular weight is 381 g/mol. The normalized spacial score (nSPS) is 15.2. The van der Waals surface area contributed by atoms with Gasteiger partial charge in [-0.2, -0.15) is 0 Å². The second-order valence-electron chi connectivity index (χ2n) is 6.82. The molecule has 148 valence electrons. The third kappa shape index (κ3) is 4.70. The number of nitrogens with zero attached hydrogens (tertiary/aromatic N) is 2. The molecule has 1 atom stereocenters. The van der Waals surface area contributed by atoms with E-state index in [1.54, 1.807) is 15.9 Å². The second kappa shape index (κ2) is 9.37. The molecule has 1 unspecified atom stereocenters. The maximum Gasteiger partial charge on any atom is 0.257 e. The van der Waals surface area contributed by atoms with E-state index in [-0.39, 0.29) is 24.3 Å². The Labute approximate surface area is 165 Å². The summed E-state index contributed by atoms with van der Waals surface area (Å²) in [5.74, 6) is 0.567. The van der Waals surface area contributed by atoms with Crippen molar-refractivity contribution in [2.75, 3.05) is 32.8 Å². The van der Waals surface area contributed by atoms with E-state index in [2.05, 4.69) is 0 Å². The highest BCUT2D eigenvalue weighted by Gasteiger charge is 2.27. The quantitative estimate of drug-likeness (QED) is 0.834. The summed E-state index contributed by atoms with van der Waals surface area (Å²) in [7, 11) is 0. The van der Waals surface area contributed by atoms with Crippen LogP contribution >= 0.6 is 0 Å². The summed E-state index contributed by atoms with van der Waals surface area (Å²) in [5, 5.41) is 0. The first-order valence-electron chi connectivity index (χ1n) is 9.69. The minimum atomic E-state index is -0.313. The molecule has 0 spiro atoms. The van der Waals surface area contributed by atoms with E-state index < -0.39 is 0 Å². The van der Waals surface area contributed by atoms with Gasteiger partial charge < -0.3 is 20.3 Å². The van der Waals surface area contributed by atoms with Crippen molar-refractivity contribution in [1.29, 1.82) is 0 Å². The molecule has 2 amide bonds. The molecule has 28 heavy (non-hydrogen) atoms. The number of piperazine rings is 1. The number of ether oxygens (including phenoxy) is 1. The molecule has 2 aromatic carbocycles. The summed E-state index contributed by atoms with van der Waals surface area (Å²) in [5.41, 5.74) is 7.69. The Morgan fingerprint density at radius 2 is 1.57 bits per heavy atom. The Morgan fingerprint density at radius 3 is 2.25 bits per heavy atom. The summed E-state index contributed by atoms with van der Waals surface area (Å²) >= 11 is 0. The molecular weight excluding hydrogens is 354 g/mol. The molecule has 1 aliphatic heterocycles. The number of benzene rings is 2. The van der Waals surface area contributed by atoms with E-state index in [0.29, 0.717) is 44.1 Å². The number of hydrogen-bond donors (Lipinski definition) is 1. The van der Waals surface area contributed by atoms with Crippen LogP contribution in [0.4, 0.5) is 0 Å². The molecule has 0 aromatic heterocycles. The number of hydrogen-bond acceptors (Lipinski definition) is 4. The molecule has 1 aliphatic rings. The van der Waals surface area contributed by atoms with Gasteiger partial charge in [0.1, 0.15) is 5.75 Å². The van der Waals surface area contributed by atoms with E-state index in [9.17, 15) is 9.59 Å². The van der Waals surface area contributed by atoms with Crippen LogP contribution in [0, 0.1) is 0 Å². The standard InChI is InChI=1S/C22H27N3O3/c1-2-28-20-11-7-6-10-18(20)22(27)25-14-12-24(13-15-25)21(26)16-19(23)17-8-4-3-5-9-17/h3-11,19H,2,12-16,23H2,1H3. The van der Waals surface area contributed by atoms with E-state index >= 15 is 0 Å². The zero-order valence-corrected chi connectivity index (χ0v) is 16.2. The molecule has 0 radical (unpaired) electrons. The first kappa shape index (κ1) is 19.9. The smallest absolute Gasteiger partial charge is 0.257 e. The van der Waals surface area contributed by atoms with Crippen LogP contribution in [0.15, 0.2) is 54.6 Å². The van der Waals surface area contributed by atoms with Crippen molar-refractivity contribution in [1.82, 2.24) is 9.80 Å². The van der Waals surface area contributed by atoms with Crippen LogP contribution in [-0.2, 0) is 4.79 Å². The molecule has 0 saturated carbocycles. The number of amides is 2. The van der Waals surface area contributed by atoms with Gasteiger partial charge in [-0.1, -0.05) is 42.5 Å². The molecule has 2 aromatic rings. The van der Waals surface area contributed by atoms with Crippen molar-refractivity contribution >= 4 is 11.8 Å². The third-order valence-electron chi connectivity index (χ3n) is 4.96. The highest BCUT2D eigenvalue weighted by Crippen LogP contribution is 2.21. The van der Waals surface area contributed by atoms with Gasteiger partial charge in [-0.05, 0) is 24.6 Å². The molecule has 1 fully saturated rings. The van der Waals surface area contributed by atoms with Gasteiger partial charge in [0.05, 0.1) is 12.2 Å². The third-order valence-corrected chi connectivity index (χ3v) is 4.96. The number of para-hydroxylation sites is 1. The van der Waals surface area contributed by atoms with Crippen molar-refractivity contribution in [2.24, 2.45) is 5.73 Å². The van der Waals surface area contributed by atoms with Crippen molar-refractivity contribution in [3.8, 4) is 5.75 Å². The fourth-order valence-electron chi connectivity index (χ4n) is 3.39. The Balaban J connectivity index is 1.55. The van der Waals surface area contributed by atoms with Crippen LogP contribution in [0.25, 0.3) is 0 Å². The Bertz CT molecular complexity index is 802. The molecule has 2 N–H and O–H groups in total. The average Bonchev–Trinajstić information content (AvgIpc) is 2.74. The maximum atomic E-state index is 12.9. The van der Waals surface area contributed by atoms with Gasteiger partial charge in [0.2, 0.25) is 5.91 Å². The number of carbonyl (C=O) groups is 2. The topological polar surface area (TPSA) is 75.9 Å². The monoisotopic (exact) mass is 381 g/mol. The molecule has 0 aliphatic carbocycles. The van der Waals surface area contributed by atoms with Crippen LogP contribution < -0.4 is 10.5 Å². The van der Waals surface area contributed by atoms with Crippen LogP contribution in [0.2, 0.25) is 0 Å². The zero-order chi connectivity index (χ0) is 19.9. The summed E-state index contributed by atoms with van der Waals surface area (Å²) in [6, 6.07) is 16.6. The highest BCUT2D eigenvalue weighted by atomic mass is 16.5. The summed E-state index contributed by atoms with van der Waals surface area (Å²) in [6.45, 7) is 4.45. The van der Waals surface area contributed by atoms with Crippen molar-refractivity contribution in [3.63, 3.8) is 0 Å². The van der Waals surface area contributed by atoms with Gasteiger partial charge in [0.25, 0.3) is 5.91 Å². The zero-order valence-electron chi connectivity index (χ0n) is 16.2. The molecule has 0 bridgehead atoms. The second-order valence-corrected chi connectivity index (χ2v) is 6.82. The van der Waals surface area contributed by atoms with Gasteiger partial charge in [0, 0.05) is 38.6 Å². The first-order valence-corrected chi connectivity index (χ1v) is 9.69. The van der Waals surface area contributed by atoms with Gasteiger partial charge in [-0.15, -0.1) is 0 Å². The SMILES string of the molecule is CCOc1ccccc1C(=O)N1CCN(C(=O)CC(N)c2ccccc2)CC1. The largest absolute Gasteiger partial charge is 0.493 e. The molecule has 6 heteroatoms. The van der Waals surface area contributed by atoms with Crippen molar-refractivity contribution in [3.05, 3.63) is 65.7 Å². The number of rotatable bonds is 6. The molecule has 1 saturated heterocycles. The molecule has 3 rings (SSSR count). The minimum absolute atomic E-state index is 0.0261. The fraction of sp³-hybridized carbons (Fsp3) is 0.364. The van der Waals surface area contributed by atoms with Crippen LogP contribution in [-0.4, -0.2) is 54.4 Å². The first-order chi connectivity index (χ1) is 13.6. The maximum absolute atomic E-state index is 12.9. The van der Waals surface area contributed by atoms with Crippen LogP contribution in [0.3, 0.4) is 0 Å². The molecule has 1 heterocycles. The fourth-order valence-corrected chi connectivity index (χ4v) is 3.39. The van der Waals surface area contributed by atoms with Crippen LogP contribution in [0.5, 0.6) is 5.75 Å². The van der Waals surface area contributed by atoms with Crippen molar-refractivity contribution in [2.45, 2.75) is 19.4 Å². The van der Waals surface area contributed by atoms with Gasteiger partial charge >= 0.3 is 0 Å². The van der Waals surface area contributed by atoms with E-state index in [4.69, 9.17) is 10.5 Å². The lowest BCUT2D eigenvalue weighted by Gasteiger charge is -2.35. The predicted molar refractivity (Wildman–Crippen MR) is 108 cm³/mol. The lowest BCUT2D eigenvalue weighted by Crippen LogP contribution is -2.51. The lowest BCUT2D eigenvalue weighted by atomic mass is 10.0. The van der Waals surface area contributed by atoms with Gasteiger partial charge in [-0.3, -0.25) is 9.59 Å². The highest BCUT2D eigenvalue weighted by molar-refractivity contribution is 5.97. The lowest BCUT2D eigenvalue weighted by molar-refractivity contribution is -0.133. The minimum Gasteiger partial charge on any atom is -0.493 e. The van der Waals surface area contributed by atoms with Crippen molar-refractivity contribution < 1.29 is 14.3 Å². The summed E-state index contributed by atoms with van der Waals surface area (Å²) in [4.78, 5) is 29.0.